The zero-order valence-corrected chi connectivity index (χ0v) is 11.5. The van der Waals surface area contributed by atoms with Gasteiger partial charge in [-0.05, 0) is 18.6 Å². The Morgan fingerprint density at radius 1 is 1.59 bits per heavy atom. The van der Waals surface area contributed by atoms with E-state index in [4.69, 9.17) is 11.6 Å². The lowest BCUT2D eigenvalue weighted by Gasteiger charge is -2.16. The lowest BCUT2D eigenvalue weighted by atomic mass is 10.1. The number of hydrogen-bond acceptors (Lipinski definition) is 1. The minimum Gasteiger partial charge on any atom is -0.341 e. The third-order valence-electron chi connectivity index (χ3n) is 2.87. The summed E-state index contributed by atoms with van der Waals surface area (Å²) in [6.07, 6.45) is 0.974. The fourth-order valence-corrected chi connectivity index (χ4v) is 2.69. The summed E-state index contributed by atoms with van der Waals surface area (Å²) in [5.41, 5.74) is 0.289. The van der Waals surface area contributed by atoms with Gasteiger partial charge in [0.15, 0.2) is 0 Å². The van der Waals surface area contributed by atoms with E-state index in [-0.39, 0.29) is 17.9 Å². The predicted octanol–water partition coefficient (Wildman–Crippen LogP) is 3.02. The van der Waals surface area contributed by atoms with Crippen LogP contribution in [-0.2, 0) is 11.2 Å². The molecular weight excluding hydrogens is 308 g/mol. The zero-order chi connectivity index (χ0) is 12.4. The van der Waals surface area contributed by atoms with E-state index in [2.05, 4.69) is 15.9 Å². The first-order valence-electron chi connectivity index (χ1n) is 5.42. The average molecular weight is 321 g/mol. The summed E-state index contributed by atoms with van der Waals surface area (Å²) in [5.74, 6) is -0.487. The van der Waals surface area contributed by atoms with Gasteiger partial charge in [-0.25, -0.2) is 4.39 Å². The molecule has 1 aliphatic heterocycles. The second kappa shape index (κ2) is 5.36. The van der Waals surface area contributed by atoms with Crippen LogP contribution < -0.4 is 0 Å². The number of carbonyl (C=O) groups is 1. The van der Waals surface area contributed by atoms with E-state index in [9.17, 15) is 9.18 Å². The van der Waals surface area contributed by atoms with Crippen LogP contribution in [0.1, 0.15) is 12.0 Å². The average Bonchev–Trinajstić information content (AvgIpc) is 2.70. The number of carbonyl (C=O) groups excluding carboxylic acids is 1. The van der Waals surface area contributed by atoms with Crippen molar-refractivity contribution in [2.75, 3.05) is 13.1 Å². The molecule has 17 heavy (non-hydrogen) atoms. The van der Waals surface area contributed by atoms with Crippen molar-refractivity contribution in [2.45, 2.75) is 17.7 Å². The summed E-state index contributed by atoms with van der Waals surface area (Å²) in [7, 11) is 0. The van der Waals surface area contributed by atoms with Gasteiger partial charge >= 0.3 is 0 Å². The Hall–Kier alpha value is -0.610. The Morgan fingerprint density at radius 2 is 2.35 bits per heavy atom. The van der Waals surface area contributed by atoms with Crippen molar-refractivity contribution in [2.24, 2.45) is 0 Å². The van der Waals surface area contributed by atoms with Crippen molar-refractivity contribution in [3.8, 4) is 0 Å². The summed E-state index contributed by atoms with van der Waals surface area (Å²) in [6.45, 7) is 1.41. The molecule has 2 nitrogen and oxygen atoms in total. The molecule has 0 saturated carbocycles. The van der Waals surface area contributed by atoms with Crippen LogP contribution in [-0.4, -0.2) is 28.7 Å². The lowest BCUT2D eigenvalue weighted by Crippen LogP contribution is -2.30. The minimum atomic E-state index is -0.416. The maximum atomic E-state index is 13.5. The van der Waals surface area contributed by atoms with E-state index in [0.29, 0.717) is 16.4 Å². The van der Waals surface area contributed by atoms with Crippen LogP contribution in [0, 0.1) is 5.82 Å². The van der Waals surface area contributed by atoms with Gasteiger partial charge in [-0.1, -0.05) is 33.6 Å². The number of halogens is 3. The van der Waals surface area contributed by atoms with Gasteiger partial charge in [-0.2, -0.15) is 0 Å². The normalized spacial score (nSPS) is 19.7. The first-order valence-corrected chi connectivity index (χ1v) is 6.72. The largest absolute Gasteiger partial charge is 0.341 e. The number of nitrogens with zero attached hydrogens (tertiary/aromatic N) is 1. The fraction of sp³-hybridized carbons (Fsp3) is 0.417. The molecule has 1 aliphatic rings. The highest BCUT2D eigenvalue weighted by Crippen LogP contribution is 2.22. The molecule has 0 aliphatic carbocycles. The molecule has 0 bridgehead atoms. The zero-order valence-electron chi connectivity index (χ0n) is 9.13. The Kier molecular flexibility index (Phi) is 4.05. The Bertz CT molecular complexity index is 420. The maximum absolute atomic E-state index is 13.5. The van der Waals surface area contributed by atoms with Gasteiger partial charge < -0.3 is 4.90 Å². The Balaban J connectivity index is 2.08. The first kappa shape index (κ1) is 12.8. The van der Waals surface area contributed by atoms with Crippen molar-refractivity contribution >= 4 is 33.4 Å². The molecule has 0 spiro atoms. The van der Waals surface area contributed by atoms with Crippen molar-refractivity contribution < 1.29 is 9.18 Å². The van der Waals surface area contributed by atoms with Crippen molar-refractivity contribution in [1.82, 2.24) is 4.90 Å². The van der Waals surface area contributed by atoms with Gasteiger partial charge in [-0.3, -0.25) is 4.79 Å². The third-order valence-corrected chi connectivity index (χ3v) is 3.97. The molecule has 1 atom stereocenters. The van der Waals surface area contributed by atoms with Crippen LogP contribution in [0.2, 0.25) is 5.02 Å². The highest BCUT2D eigenvalue weighted by molar-refractivity contribution is 9.09. The Morgan fingerprint density at radius 3 is 2.94 bits per heavy atom. The number of rotatable bonds is 2. The summed E-state index contributed by atoms with van der Waals surface area (Å²) < 4.78 is 13.5. The molecule has 1 heterocycles. The number of hydrogen-bond donors (Lipinski definition) is 0. The number of amides is 1. The first-order chi connectivity index (χ1) is 8.08. The van der Waals surface area contributed by atoms with Crippen LogP contribution in [0.15, 0.2) is 18.2 Å². The predicted molar refractivity (Wildman–Crippen MR) is 69.0 cm³/mol. The van der Waals surface area contributed by atoms with Crippen LogP contribution in [0.5, 0.6) is 0 Å². The quantitative estimate of drug-likeness (QED) is 0.767. The standard InChI is InChI=1S/C12H12BrClFNO/c13-8-4-5-16(7-8)12(17)6-9-10(14)2-1-3-11(9)15/h1-3,8H,4-7H2. The molecule has 1 aromatic rings. The molecule has 1 unspecified atom stereocenters. The van der Waals surface area contributed by atoms with Gasteiger partial charge in [0.1, 0.15) is 5.82 Å². The fourth-order valence-electron chi connectivity index (χ4n) is 1.91. The maximum Gasteiger partial charge on any atom is 0.227 e. The van der Waals surface area contributed by atoms with Crippen LogP contribution in [0.3, 0.4) is 0 Å². The van der Waals surface area contributed by atoms with E-state index in [1.54, 1.807) is 11.0 Å². The summed E-state index contributed by atoms with van der Waals surface area (Å²) in [5, 5.41) is 0.313. The molecule has 1 amide bonds. The summed E-state index contributed by atoms with van der Waals surface area (Å²) in [4.78, 5) is 14.0. The lowest BCUT2D eigenvalue weighted by molar-refractivity contribution is -0.129. The van der Waals surface area contributed by atoms with E-state index in [1.165, 1.54) is 12.1 Å². The topological polar surface area (TPSA) is 20.3 Å². The molecule has 5 heteroatoms. The van der Waals surface area contributed by atoms with Gasteiger partial charge in [0.05, 0.1) is 6.42 Å². The number of alkyl halides is 1. The molecule has 92 valence electrons. The van der Waals surface area contributed by atoms with Gasteiger partial charge in [-0.15, -0.1) is 0 Å². The van der Waals surface area contributed by atoms with Crippen LogP contribution in [0.4, 0.5) is 4.39 Å². The SMILES string of the molecule is O=C(Cc1c(F)cccc1Cl)N1CCC(Br)C1. The molecule has 1 saturated heterocycles. The van der Waals surface area contributed by atoms with E-state index < -0.39 is 5.82 Å². The molecule has 0 aromatic heterocycles. The summed E-state index contributed by atoms with van der Waals surface area (Å²) in [6, 6.07) is 4.46. The molecule has 2 rings (SSSR count). The smallest absolute Gasteiger partial charge is 0.227 e. The van der Waals surface area contributed by atoms with Gasteiger partial charge in [0.2, 0.25) is 5.91 Å². The molecule has 0 N–H and O–H groups in total. The second-order valence-electron chi connectivity index (χ2n) is 4.10. The highest BCUT2D eigenvalue weighted by Gasteiger charge is 2.25. The number of likely N-dealkylation sites (tertiary alicyclic amines) is 1. The van der Waals surface area contributed by atoms with E-state index >= 15 is 0 Å². The number of benzene rings is 1. The molecule has 1 fully saturated rings. The highest BCUT2D eigenvalue weighted by atomic mass is 79.9. The van der Waals surface area contributed by atoms with E-state index in [1.807, 2.05) is 0 Å². The van der Waals surface area contributed by atoms with Crippen molar-refractivity contribution in [1.29, 1.82) is 0 Å². The second-order valence-corrected chi connectivity index (χ2v) is 5.80. The van der Waals surface area contributed by atoms with E-state index in [0.717, 1.165) is 13.0 Å². The summed E-state index contributed by atoms with van der Waals surface area (Å²) >= 11 is 9.36. The third kappa shape index (κ3) is 2.99. The minimum absolute atomic E-state index is 0.0330. The van der Waals surface area contributed by atoms with Gasteiger partial charge in [0, 0.05) is 28.5 Å². The molecule has 0 radical (unpaired) electrons. The van der Waals surface area contributed by atoms with Gasteiger partial charge in [0.25, 0.3) is 0 Å². The molecular formula is C12H12BrClFNO. The van der Waals surface area contributed by atoms with Crippen molar-refractivity contribution in [3.05, 3.63) is 34.6 Å². The van der Waals surface area contributed by atoms with Crippen LogP contribution >= 0.6 is 27.5 Å². The van der Waals surface area contributed by atoms with Crippen LogP contribution in [0.25, 0.3) is 0 Å². The molecule has 1 aromatic carbocycles. The monoisotopic (exact) mass is 319 g/mol. The Labute approximate surface area is 113 Å². The van der Waals surface area contributed by atoms with Crippen molar-refractivity contribution in [3.63, 3.8) is 0 Å².